The standard InChI is InChI=1S/C14H9Cl6N3O2/c1-6(7-3-4-8(24)9(5-7)25-2)10-21-11(13(15,16)17)23-12(22-10)14(18,19)20/h3-5,24H,1H2,2H3. The Morgan fingerprint density at radius 1 is 1.00 bits per heavy atom. The summed E-state index contributed by atoms with van der Waals surface area (Å²) in [6, 6.07) is 4.53. The molecule has 0 aliphatic rings. The van der Waals surface area contributed by atoms with Gasteiger partial charge in [0, 0.05) is 5.57 Å². The number of alkyl halides is 6. The molecule has 2 rings (SSSR count). The normalized spacial score (nSPS) is 12.1. The summed E-state index contributed by atoms with van der Waals surface area (Å²) in [5.74, 6) is -0.230. The molecule has 2 aromatic rings. The minimum absolute atomic E-state index is 0.0328. The molecule has 5 nitrogen and oxygen atoms in total. The number of hydrogen-bond acceptors (Lipinski definition) is 5. The smallest absolute Gasteiger partial charge is 0.250 e. The molecule has 0 spiro atoms. The molecule has 0 radical (unpaired) electrons. The lowest BCUT2D eigenvalue weighted by atomic mass is 10.1. The van der Waals surface area contributed by atoms with E-state index in [-0.39, 0.29) is 29.0 Å². The molecule has 0 bridgehead atoms. The third kappa shape index (κ3) is 4.94. The number of aromatic nitrogens is 3. The second kappa shape index (κ2) is 7.51. The second-order valence-electron chi connectivity index (χ2n) is 4.67. The van der Waals surface area contributed by atoms with E-state index >= 15 is 0 Å². The van der Waals surface area contributed by atoms with Gasteiger partial charge < -0.3 is 9.84 Å². The first kappa shape index (κ1) is 20.6. The molecule has 1 aromatic heterocycles. The van der Waals surface area contributed by atoms with E-state index < -0.39 is 7.59 Å². The highest BCUT2D eigenvalue weighted by atomic mass is 35.6. The maximum atomic E-state index is 9.69. The van der Waals surface area contributed by atoms with Gasteiger partial charge in [-0.2, -0.15) is 0 Å². The molecule has 11 heteroatoms. The minimum atomic E-state index is -1.96. The molecule has 134 valence electrons. The van der Waals surface area contributed by atoms with Gasteiger partial charge in [0.25, 0.3) is 0 Å². The predicted octanol–water partition coefficient (Wildman–Crippen LogP) is 5.30. The van der Waals surface area contributed by atoms with E-state index in [0.717, 1.165) is 0 Å². The molecule has 0 saturated heterocycles. The molecule has 1 aromatic carbocycles. The van der Waals surface area contributed by atoms with Gasteiger partial charge in [-0.3, -0.25) is 0 Å². The third-order valence-electron chi connectivity index (χ3n) is 2.94. The number of phenolic OH excluding ortho intramolecular Hbond substituents is 1. The van der Waals surface area contributed by atoms with Gasteiger partial charge in [-0.25, -0.2) is 15.0 Å². The number of aromatic hydroxyl groups is 1. The van der Waals surface area contributed by atoms with E-state index in [2.05, 4.69) is 21.5 Å². The van der Waals surface area contributed by atoms with Gasteiger partial charge >= 0.3 is 0 Å². The number of benzene rings is 1. The zero-order chi connectivity index (χ0) is 19.0. The molecule has 0 aliphatic heterocycles. The van der Waals surface area contributed by atoms with Gasteiger partial charge in [-0.1, -0.05) is 82.3 Å². The fourth-order valence-electron chi connectivity index (χ4n) is 1.76. The number of halogens is 6. The van der Waals surface area contributed by atoms with E-state index in [0.29, 0.717) is 11.1 Å². The average molecular weight is 464 g/mol. The van der Waals surface area contributed by atoms with E-state index in [4.69, 9.17) is 74.3 Å². The van der Waals surface area contributed by atoms with Crippen LogP contribution < -0.4 is 4.74 Å². The topological polar surface area (TPSA) is 68.1 Å². The Labute approximate surface area is 173 Å². The number of hydrogen-bond donors (Lipinski definition) is 1. The van der Waals surface area contributed by atoms with Crippen molar-refractivity contribution in [2.45, 2.75) is 7.59 Å². The van der Waals surface area contributed by atoms with Crippen LogP contribution in [0.25, 0.3) is 5.57 Å². The summed E-state index contributed by atoms with van der Waals surface area (Å²) in [5, 5.41) is 9.69. The largest absolute Gasteiger partial charge is 0.504 e. The predicted molar refractivity (Wildman–Crippen MR) is 101 cm³/mol. The summed E-state index contributed by atoms with van der Waals surface area (Å²) >= 11 is 35.0. The molecule has 0 fully saturated rings. The van der Waals surface area contributed by atoms with Crippen LogP contribution in [0.15, 0.2) is 24.8 Å². The van der Waals surface area contributed by atoms with Crippen LogP contribution in [-0.4, -0.2) is 27.2 Å². The Hall–Kier alpha value is -0.690. The highest BCUT2D eigenvalue weighted by molar-refractivity contribution is 6.67. The summed E-state index contributed by atoms with van der Waals surface area (Å²) < 4.78 is 1.13. The molecular formula is C14H9Cl6N3O2. The summed E-state index contributed by atoms with van der Waals surface area (Å²) in [4.78, 5) is 12.0. The van der Waals surface area contributed by atoms with Crippen LogP contribution in [0.2, 0.25) is 0 Å². The zero-order valence-electron chi connectivity index (χ0n) is 12.4. The van der Waals surface area contributed by atoms with Crippen LogP contribution in [0, 0.1) is 0 Å². The van der Waals surface area contributed by atoms with E-state index in [9.17, 15) is 5.11 Å². The monoisotopic (exact) mass is 461 g/mol. The Balaban J connectivity index is 2.59. The van der Waals surface area contributed by atoms with Gasteiger partial charge in [0.05, 0.1) is 7.11 Å². The molecule has 0 atom stereocenters. The molecule has 0 aliphatic carbocycles. The van der Waals surface area contributed by atoms with Crippen LogP contribution >= 0.6 is 69.6 Å². The Kier molecular flexibility index (Phi) is 6.19. The van der Waals surface area contributed by atoms with Gasteiger partial charge in [0.1, 0.15) is 0 Å². The van der Waals surface area contributed by atoms with Gasteiger partial charge in [0.15, 0.2) is 29.0 Å². The van der Waals surface area contributed by atoms with Crippen molar-refractivity contribution in [3.63, 3.8) is 0 Å². The first-order valence-electron chi connectivity index (χ1n) is 6.40. The first-order valence-corrected chi connectivity index (χ1v) is 8.67. The van der Waals surface area contributed by atoms with Crippen LogP contribution in [0.4, 0.5) is 0 Å². The number of ether oxygens (including phenoxy) is 1. The maximum absolute atomic E-state index is 9.69. The second-order valence-corrected chi connectivity index (χ2v) is 9.23. The molecule has 1 heterocycles. The number of nitrogens with zero attached hydrogens (tertiary/aromatic N) is 3. The summed E-state index contributed by atoms with van der Waals surface area (Å²) in [5.41, 5.74) is 0.845. The molecule has 1 N–H and O–H groups in total. The van der Waals surface area contributed by atoms with Crippen molar-refractivity contribution in [3.8, 4) is 11.5 Å². The van der Waals surface area contributed by atoms with Crippen LogP contribution in [0.5, 0.6) is 11.5 Å². The molecular weight excluding hydrogens is 455 g/mol. The fourth-order valence-corrected chi connectivity index (χ4v) is 2.27. The Morgan fingerprint density at radius 2 is 1.52 bits per heavy atom. The lowest BCUT2D eigenvalue weighted by molar-refractivity contribution is 0.373. The highest BCUT2D eigenvalue weighted by Gasteiger charge is 2.34. The lowest BCUT2D eigenvalue weighted by Crippen LogP contribution is -2.18. The summed E-state index contributed by atoms with van der Waals surface area (Å²) in [6.45, 7) is 3.90. The van der Waals surface area contributed by atoms with E-state index in [1.165, 1.54) is 19.2 Å². The van der Waals surface area contributed by atoms with Crippen LogP contribution in [0.1, 0.15) is 23.0 Å². The van der Waals surface area contributed by atoms with Crippen LogP contribution in [0.3, 0.4) is 0 Å². The quantitative estimate of drug-likeness (QED) is 0.625. The minimum Gasteiger partial charge on any atom is -0.504 e. The number of methoxy groups -OCH3 is 1. The van der Waals surface area contributed by atoms with Crippen molar-refractivity contribution >= 4 is 75.2 Å². The van der Waals surface area contributed by atoms with Crippen molar-refractivity contribution in [2.24, 2.45) is 0 Å². The maximum Gasteiger partial charge on any atom is 0.250 e. The fraction of sp³-hybridized carbons (Fsp3) is 0.214. The van der Waals surface area contributed by atoms with E-state index in [1.807, 2.05) is 0 Å². The van der Waals surface area contributed by atoms with Crippen molar-refractivity contribution in [1.82, 2.24) is 15.0 Å². The van der Waals surface area contributed by atoms with Gasteiger partial charge in [-0.05, 0) is 17.7 Å². The van der Waals surface area contributed by atoms with Crippen molar-refractivity contribution < 1.29 is 9.84 Å². The van der Waals surface area contributed by atoms with Gasteiger partial charge in [-0.15, -0.1) is 0 Å². The summed E-state index contributed by atoms with van der Waals surface area (Å²) in [6.07, 6.45) is 0. The summed E-state index contributed by atoms with van der Waals surface area (Å²) in [7, 11) is 1.41. The van der Waals surface area contributed by atoms with Crippen molar-refractivity contribution in [1.29, 1.82) is 0 Å². The molecule has 0 unspecified atom stereocenters. The van der Waals surface area contributed by atoms with Crippen LogP contribution in [-0.2, 0) is 7.59 Å². The molecule has 0 amide bonds. The number of rotatable bonds is 3. The molecule has 25 heavy (non-hydrogen) atoms. The Morgan fingerprint density at radius 3 is 1.96 bits per heavy atom. The number of phenols is 1. The molecule has 0 saturated carbocycles. The Bertz CT molecular complexity index is 785. The average Bonchev–Trinajstić information content (AvgIpc) is 2.52. The van der Waals surface area contributed by atoms with Crippen molar-refractivity contribution in [2.75, 3.05) is 7.11 Å². The first-order chi connectivity index (χ1) is 11.4. The SMILES string of the molecule is C=C(c1ccc(O)c(OC)c1)c1nc(C(Cl)(Cl)Cl)nc(C(Cl)(Cl)Cl)n1. The highest BCUT2D eigenvalue weighted by Crippen LogP contribution is 2.41. The zero-order valence-corrected chi connectivity index (χ0v) is 16.9. The van der Waals surface area contributed by atoms with Crippen molar-refractivity contribution in [3.05, 3.63) is 47.8 Å². The van der Waals surface area contributed by atoms with Gasteiger partial charge in [0.2, 0.25) is 7.59 Å². The lowest BCUT2D eigenvalue weighted by Gasteiger charge is -2.16. The van der Waals surface area contributed by atoms with E-state index in [1.54, 1.807) is 6.07 Å². The third-order valence-corrected chi connectivity index (χ3v) is 3.95.